The molecule has 2 rings (SSSR count). The van der Waals surface area contributed by atoms with Crippen LogP contribution in [0.4, 0.5) is 0 Å². The Morgan fingerprint density at radius 3 is 2.60 bits per heavy atom. The highest BCUT2D eigenvalue weighted by Crippen LogP contribution is 2.32. The molecule has 1 heterocycles. The summed E-state index contributed by atoms with van der Waals surface area (Å²) in [5, 5.41) is 3.57. The van der Waals surface area contributed by atoms with Crippen molar-refractivity contribution in [2.75, 3.05) is 19.6 Å². The van der Waals surface area contributed by atoms with E-state index in [0.717, 1.165) is 12.0 Å². The summed E-state index contributed by atoms with van der Waals surface area (Å²) in [6, 6.07) is 1.55. The average molecular weight is 210 g/mol. The molecule has 2 atom stereocenters. The highest BCUT2D eigenvalue weighted by atomic mass is 15.2. The van der Waals surface area contributed by atoms with E-state index >= 15 is 0 Å². The van der Waals surface area contributed by atoms with Gasteiger partial charge in [0.25, 0.3) is 0 Å². The molecule has 2 nitrogen and oxygen atoms in total. The van der Waals surface area contributed by atoms with Crippen LogP contribution in [-0.4, -0.2) is 36.6 Å². The Morgan fingerprint density at radius 1 is 1.13 bits per heavy atom. The second-order valence-corrected chi connectivity index (χ2v) is 5.46. The van der Waals surface area contributed by atoms with Crippen molar-refractivity contribution in [3.63, 3.8) is 0 Å². The Hall–Kier alpha value is -0.0800. The summed E-state index contributed by atoms with van der Waals surface area (Å²) in [6.07, 6.45) is 7.07. The van der Waals surface area contributed by atoms with Crippen LogP contribution in [0.2, 0.25) is 0 Å². The van der Waals surface area contributed by atoms with Crippen LogP contribution in [-0.2, 0) is 0 Å². The van der Waals surface area contributed by atoms with Crippen LogP contribution in [0.1, 0.15) is 46.0 Å². The van der Waals surface area contributed by atoms with Crippen LogP contribution in [0.15, 0.2) is 0 Å². The fourth-order valence-electron chi connectivity index (χ4n) is 2.83. The molecule has 0 aromatic heterocycles. The molecule has 15 heavy (non-hydrogen) atoms. The molecule has 1 saturated heterocycles. The first kappa shape index (κ1) is 11.4. The normalized spacial score (nSPS) is 32.8. The van der Waals surface area contributed by atoms with Gasteiger partial charge >= 0.3 is 0 Å². The zero-order valence-electron chi connectivity index (χ0n) is 10.3. The highest BCUT2D eigenvalue weighted by Gasteiger charge is 2.28. The molecule has 1 N–H and O–H groups in total. The van der Waals surface area contributed by atoms with E-state index in [1.54, 1.807) is 0 Å². The summed E-state index contributed by atoms with van der Waals surface area (Å²) in [4.78, 5) is 2.74. The molecule has 0 aromatic carbocycles. The Labute approximate surface area is 94.4 Å². The van der Waals surface area contributed by atoms with Gasteiger partial charge in [0.05, 0.1) is 0 Å². The molecule has 2 unspecified atom stereocenters. The van der Waals surface area contributed by atoms with E-state index < -0.39 is 0 Å². The molecule has 2 heteroatoms. The van der Waals surface area contributed by atoms with Crippen LogP contribution in [0, 0.1) is 5.92 Å². The Balaban J connectivity index is 1.82. The molecule has 1 saturated carbocycles. The van der Waals surface area contributed by atoms with Gasteiger partial charge in [0.1, 0.15) is 0 Å². The molecule has 0 spiro atoms. The quantitative estimate of drug-likeness (QED) is 0.752. The van der Waals surface area contributed by atoms with Gasteiger partial charge in [0, 0.05) is 12.1 Å². The van der Waals surface area contributed by atoms with Gasteiger partial charge in [-0.1, -0.05) is 6.42 Å². The van der Waals surface area contributed by atoms with Gasteiger partial charge in [-0.05, 0) is 65.1 Å². The maximum atomic E-state index is 3.57. The second-order valence-electron chi connectivity index (χ2n) is 5.46. The van der Waals surface area contributed by atoms with Gasteiger partial charge in [-0.25, -0.2) is 0 Å². The number of nitrogens with one attached hydrogen (secondary N) is 1. The fraction of sp³-hybridized carbons (Fsp3) is 1.00. The van der Waals surface area contributed by atoms with Crippen LogP contribution in [0.3, 0.4) is 0 Å². The lowest BCUT2D eigenvalue weighted by molar-refractivity contribution is 0.0972. The first-order valence-corrected chi connectivity index (χ1v) is 6.75. The van der Waals surface area contributed by atoms with E-state index in [9.17, 15) is 0 Å². The van der Waals surface area contributed by atoms with Crippen LogP contribution in [0.5, 0.6) is 0 Å². The lowest BCUT2D eigenvalue weighted by atomic mass is 9.79. The molecule has 88 valence electrons. The van der Waals surface area contributed by atoms with E-state index in [1.807, 2.05) is 0 Å². The molecule has 1 aliphatic carbocycles. The van der Waals surface area contributed by atoms with Crippen LogP contribution in [0.25, 0.3) is 0 Å². The van der Waals surface area contributed by atoms with Gasteiger partial charge in [-0.3, -0.25) is 0 Å². The van der Waals surface area contributed by atoms with Crippen LogP contribution >= 0.6 is 0 Å². The topological polar surface area (TPSA) is 15.3 Å². The van der Waals surface area contributed by atoms with Crippen molar-refractivity contribution < 1.29 is 0 Å². The minimum atomic E-state index is 0.710. The van der Waals surface area contributed by atoms with Gasteiger partial charge in [-0.15, -0.1) is 0 Å². The molecular weight excluding hydrogens is 184 g/mol. The van der Waals surface area contributed by atoms with Crippen molar-refractivity contribution >= 4 is 0 Å². The third kappa shape index (κ3) is 2.94. The summed E-state index contributed by atoms with van der Waals surface area (Å²) in [5.74, 6) is 1.01. The van der Waals surface area contributed by atoms with Crippen molar-refractivity contribution in [3.05, 3.63) is 0 Å². The zero-order valence-corrected chi connectivity index (χ0v) is 10.3. The second kappa shape index (κ2) is 5.31. The smallest absolute Gasteiger partial charge is 0.00952 e. The monoisotopic (exact) mass is 210 g/mol. The number of nitrogens with zero attached hydrogens (tertiary/aromatic N) is 1. The maximum absolute atomic E-state index is 3.57. The predicted octanol–water partition coefficient (Wildman–Crippen LogP) is 2.25. The number of hydrogen-bond donors (Lipinski definition) is 1. The van der Waals surface area contributed by atoms with Crippen molar-refractivity contribution in [3.8, 4) is 0 Å². The fourth-order valence-corrected chi connectivity index (χ4v) is 2.83. The summed E-state index contributed by atoms with van der Waals surface area (Å²) in [6.45, 7) is 8.57. The average Bonchev–Trinajstić information content (AvgIpc) is 2.09. The molecule has 1 aliphatic heterocycles. The van der Waals surface area contributed by atoms with Crippen molar-refractivity contribution in [1.29, 1.82) is 0 Å². The molecule has 0 aromatic rings. The molecular formula is C13H26N2. The zero-order chi connectivity index (χ0) is 10.7. The Bertz CT molecular complexity index is 189. The van der Waals surface area contributed by atoms with E-state index in [1.165, 1.54) is 51.7 Å². The van der Waals surface area contributed by atoms with E-state index in [4.69, 9.17) is 0 Å². The first-order chi connectivity index (χ1) is 7.27. The van der Waals surface area contributed by atoms with E-state index in [-0.39, 0.29) is 0 Å². The van der Waals surface area contributed by atoms with Crippen molar-refractivity contribution in [1.82, 2.24) is 10.2 Å². The highest BCUT2D eigenvalue weighted by molar-refractivity contribution is 4.83. The predicted molar refractivity (Wildman–Crippen MR) is 65.1 cm³/mol. The largest absolute Gasteiger partial charge is 0.314 e. The molecule has 0 bridgehead atoms. The molecule has 2 aliphatic rings. The Kier molecular flexibility index (Phi) is 4.04. The van der Waals surface area contributed by atoms with E-state index in [0.29, 0.717) is 6.04 Å². The summed E-state index contributed by atoms with van der Waals surface area (Å²) in [7, 11) is 0. The standard InChI is InChI=1S/C13H26N2/c1-11-7-10-15(9-4-8-14-11)12(2)13-5-3-6-13/h11-14H,3-10H2,1-2H3. The SMILES string of the molecule is CC1CCN(C(C)C2CCC2)CCCN1. The minimum absolute atomic E-state index is 0.710. The summed E-state index contributed by atoms with van der Waals surface area (Å²) in [5.41, 5.74) is 0. The van der Waals surface area contributed by atoms with Crippen LogP contribution < -0.4 is 5.32 Å². The number of rotatable bonds is 2. The van der Waals surface area contributed by atoms with Gasteiger partial charge in [0.2, 0.25) is 0 Å². The lowest BCUT2D eigenvalue weighted by Crippen LogP contribution is -2.46. The first-order valence-electron chi connectivity index (χ1n) is 6.75. The maximum Gasteiger partial charge on any atom is 0.00952 e. The third-order valence-electron chi connectivity index (χ3n) is 4.37. The van der Waals surface area contributed by atoms with Crippen molar-refractivity contribution in [2.45, 2.75) is 58.0 Å². The molecule has 2 fully saturated rings. The van der Waals surface area contributed by atoms with E-state index in [2.05, 4.69) is 24.1 Å². The summed E-state index contributed by atoms with van der Waals surface area (Å²) < 4.78 is 0. The Morgan fingerprint density at radius 2 is 1.93 bits per heavy atom. The summed E-state index contributed by atoms with van der Waals surface area (Å²) >= 11 is 0. The van der Waals surface area contributed by atoms with Gasteiger partial charge < -0.3 is 10.2 Å². The number of hydrogen-bond acceptors (Lipinski definition) is 2. The molecule has 0 amide bonds. The minimum Gasteiger partial charge on any atom is -0.314 e. The lowest BCUT2D eigenvalue weighted by Gasteiger charge is -2.40. The third-order valence-corrected chi connectivity index (χ3v) is 4.37. The molecule has 0 radical (unpaired) electrons. The van der Waals surface area contributed by atoms with Crippen molar-refractivity contribution in [2.24, 2.45) is 5.92 Å². The van der Waals surface area contributed by atoms with Gasteiger partial charge in [-0.2, -0.15) is 0 Å². The van der Waals surface area contributed by atoms with Gasteiger partial charge in [0.15, 0.2) is 0 Å².